The highest BCUT2D eigenvalue weighted by Gasteiger charge is 2.45. The number of hydrogen-bond acceptors (Lipinski definition) is 2. The molecule has 0 aromatic heterocycles. The third kappa shape index (κ3) is 1.47. The summed E-state index contributed by atoms with van der Waals surface area (Å²) < 4.78 is 5.77. The molecule has 0 unspecified atom stereocenters. The minimum absolute atomic E-state index is 0.178. The molecule has 2 aliphatic rings. The second-order valence-corrected chi connectivity index (χ2v) is 4.34. The van der Waals surface area contributed by atoms with E-state index in [0.717, 1.165) is 5.90 Å². The van der Waals surface area contributed by atoms with Crippen LogP contribution in [0.1, 0.15) is 52.4 Å². The van der Waals surface area contributed by atoms with Crippen molar-refractivity contribution in [2.24, 2.45) is 4.99 Å². The van der Waals surface area contributed by atoms with Crippen molar-refractivity contribution in [2.75, 3.05) is 0 Å². The number of hydrogen-bond donors (Lipinski definition) is 0. The molecule has 0 radical (unpaired) electrons. The summed E-state index contributed by atoms with van der Waals surface area (Å²) in [4.78, 5) is 4.73. The van der Waals surface area contributed by atoms with Crippen molar-refractivity contribution >= 4 is 5.90 Å². The maximum Gasteiger partial charge on any atom is 0.181 e. The van der Waals surface area contributed by atoms with Gasteiger partial charge in [0.1, 0.15) is 11.6 Å². The van der Waals surface area contributed by atoms with E-state index < -0.39 is 0 Å². The van der Waals surface area contributed by atoms with Crippen molar-refractivity contribution in [2.45, 2.75) is 64.0 Å². The fraction of sp³-hybridized carbons (Fsp3) is 0.909. The first kappa shape index (κ1) is 9.04. The Balaban J connectivity index is 2.17. The Morgan fingerprint density at radius 3 is 3.15 bits per heavy atom. The first-order valence-electron chi connectivity index (χ1n) is 5.50. The molecule has 0 N–H and O–H groups in total. The summed E-state index contributed by atoms with van der Waals surface area (Å²) in [7, 11) is 0. The molecule has 1 saturated carbocycles. The first-order valence-corrected chi connectivity index (χ1v) is 5.50. The van der Waals surface area contributed by atoms with Crippen LogP contribution >= 0.6 is 0 Å². The molecule has 74 valence electrons. The lowest BCUT2D eigenvalue weighted by Crippen LogP contribution is -2.40. The van der Waals surface area contributed by atoms with E-state index >= 15 is 0 Å². The monoisotopic (exact) mass is 181 g/mol. The number of nitrogens with zero attached hydrogens (tertiary/aromatic N) is 1. The average molecular weight is 181 g/mol. The Kier molecular flexibility index (Phi) is 2.31. The lowest BCUT2D eigenvalue weighted by molar-refractivity contribution is 0.0862. The van der Waals surface area contributed by atoms with Crippen LogP contribution in [-0.4, -0.2) is 17.5 Å². The topological polar surface area (TPSA) is 21.6 Å². The predicted octanol–water partition coefficient (Wildman–Crippen LogP) is 2.92. The van der Waals surface area contributed by atoms with Gasteiger partial charge >= 0.3 is 0 Å². The zero-order valence-corrected chi connectivity index (χ0v) is 8.68. The van der Waals surface area contributed by atoms with Gasteiger partial charge in [-0.05, 0) is 25.7 Å². The van der Waals surface area contributed by atoms with E-state index in [2.05, 4.69) is 6.92 Å². The largest absolute Gasteiger partial charge is 0.475 e. The summed E-state index contributed by atoms with van der Waals surface area (Å²) in [6, 6.07) is 0. The third-order valence-corrected chi connectivity index (χ3v) is 3.30. The molecule has 0 aromatic rings. The van der Waals surface area contributed by atoms with E-state index in [0.29, 0.717) is 6.10 Å². The lowest BCUT2D eigenvalue weighted by Gasteiger charge is -2.35. The van der Waals surface area contributed by atoms with Gasteiger partial charge in [0.15, 0.2) is 5.90 Å². The zero-order valence-electron chi connectivity index (χ0n) is 8.68. The van der Waals surface area contributed by atoms with Crippen molar-refractivity contribution in [3.05, 3.63) is 0 Å². The van der Waals surface area contributed by atoms with E-state index in [1.807, 2.05) is 6.92 Å². The summed E-state index contributed by atoms with van der Waals surface area (Å²) in [5, 5.41) is 0. The van der Waals surface area contributed by atoms with Gasteiger partial charge in [0, 0.05) is 6.92 Å². The van der Waals surface area contributed by atoms with E-state index in [1.165, 1.54) is 38.5 Å². The lowest BCUT2D eigenvalue weighted by atomic mass is 9.77. The highest BCUT2D eigenvalue weighted by Crippen LogP contribution is 2.41. The average Bonchev–Trinajstić information content (AvgIpc) is 2.41. The molecule has 2 heteroatoms. The van der Waals surface area contributed by atoms with Crippen molar-refractivity contribution in [3.8, 4) is 0 Å². The van der Waals surface area contributed by atoms with Gasteiger partial charge < -0.3 is 4.74 Å². The first-order chi connectivity index (χ1) is 6.27. The van der Waals surface area contributed by atoms with Gasteiger partial charge in [-0.15, -0.1) is 0 Å². The maximum absolute atomic E-state index is 5.77. The predicted molar refractivity (Wildman–Crippen MR) is 54.1 cm³/mol. The van der Waals surface area contributed by atoms with Gasteiger partial charge in [-0.3, -0.25) is 0 Å². The molecule has 2 rings (SSSR count). The van der Waals surface area contributed by atoms with Gasteiger partial charge in [-0.25, -0.2) is 4.99 Å². The van der Waals surface area contributed by atoms with E-state index in [4.69, 9.17) is 9.73 Å². The molecule has 1 aliphatic heterocycles. The normalized spacial score (nSPS) is 38.0. The maximum atomic E-state index is 5.77. The number of rotatable bonds is 2. The third-order valence-electron chi connectivity index (χ3n) is 3.30. The quantitative estimate of drug-likeness (QED) is 0.642. The van der Waals surface area contributed by atoms with Crippen LogP contribution < -0.4 is 0 Å². The van der Waals surface area contributed by atoms with Crippen LogP contribution in [0.5, 0.6) is 0 Å². The van der Waals surface area contributed by atoms with Crippen LogP contribution in [0.4, 0.5) is 0 Å². The molecular formula is C11H19NO. The Labute approximate surface area is 80.4 Å². The smallest absolute Gasteiger partial charge is 0.181 e. The van der Waals surface area contributed by atoms with Crippen LogP contribution in [0.3, 0.4) is 0 Å². The van der Waals surface area contributed by atoms with Crippen LogP contribution in [-0.2, 0) is 4.74 Å². The molecule has 0 bridgehead atoms. The van der Waals surface area contributed by atoms with E-state index in [9.17, 15) is 0 Å². The number of ether oxygens (including phenoxy) is 1. The molecule has 2 atom stereocenters. The summed E-state index contributed by atoms with van der Waals surface area (Å²) in [6.07, 6.45) is 7.92. The summed E-state index contributed by atoms with van der Waals surface area (Å²) in [5.74, 6) is 0.917. The molecule has 1 heterocycles. The summed E-state index contributed by atoms with van der Waals surface area (Å²) >= 11 is 0. The van der Waals surface area contributed by atoms with Crippen LogP contribution in [0.15, 0.2) is 4.99 Å². The Morgan fingerprint density at radius 1 is 1.54 bits per heavy atom. The van der Waals surface area contributed by atoms with Gasteiger partial charge in [-0.1, -0.05) is 19.8 Å². The van der Waals surface area contributed by atoms with Crippen molar-refractivity contribution < 1.29 is 4.74 Å². The van der Waals surface area contributed by atoms with Crippen LogP contribution in [0, 0.1) is 0 Å². The molecule has 0 aromatic carbocycles. The number of aliphatic imine (C=N–C) groups is 1. The van der Waals surface area contributed by atoms with Crippen molar-refractivity contribution in [1.29, 1.82) is 0 Å². The minimum Gasteiger partial charge on any atom is -0.475 e. The number of fused-ring (bicyclic) bond motifs is 1. The van der Waals surface area contributed by atoms with Gasteiger partial charge in [0.05, 0.1) is 0 Å². The van der Waals surface area contributed by atoms with E-state index in [-0.39, 0.29) is 5.54 Å². The molecule has 0 spiro atoms. The second kappa shape index (κ2) is 3.32. The van der Waals surface area contributed by atoms with Gasteiger partial charge in [0.2, 0.25) is 0 Å². The summed E-state index contributed by atoms with van der Waals surface area (Å²) in [5.41, 5.74) is 0.178. The van der Waals surface area contributed by atoms with Crippen molar-refractivity contribution in [3.63, 3.8) is 0 Å². The molecule has 1 fully saturated rings. The molecule has 0 amide bonds. The second-order valence-electron chi connectivity index (χ2n) is 4.34. The van der Waals surface area contributed by atoms with Gasteiger partial charge in [0.25, 0.3) is 0 Å². The summed E-state index contributed by atoms with van der Waals surface area (Å²) in [6.45, 7) is 4.24. The molecule has 13 heavy (non-hydrogen) atoms. The standard InChI is InChI=1S/C11H19NO/c1-3-7-11-8-5-4-6-10(11)13-9(2)12-11/h10H,3-8H2,1-2H3/t10-,11+/m0/s1. The Hall–Kier alpha value is -0.530. The van der Waals surface area contributed by atoms with Gasteiger partial charge in [-0.2, -0.15) is 0 Å². The molecule has 0 saturated heterocycles. The van der Waals surface area contributed by atoms with Crippen LogP contribution in [0.25, 0.3) is 0 Å². The highest BCUT2D eigenvalue weighted by atomic mass is 16.5. The van der Waals surface area contributed by atoms with Crippen molar-refractivity contribution in [1.82, 2.24) is 0 Å². The molecular weight excluding hydrogens is 162 g/mol. The van der Waals surface area contributed by atoms with E-state index in [1.54, 1.807) is 0 Å². The zero-order chi connectivity index (χ0) is 9.31. The molecule has 1 aliphatic carbocycles. The highest BCUT2D eigenvalue weighted by molar-refractivity contribution is 5.76. The van der Waals surface area contributed by atoms with Crippen LogP contribution in [0.2, 0.25) is 0 Å². The Bertz CT molecular complexity index is 220. The Morgan fingerprint density at radius 2 is 2.38 bits per heavy atom. The fourth-order valence-electron chi connectivity index (χ4n) is 2.81. The fourth-order valence-corrected chi connectivity index (χ4v) is 2.81. The molecule has 2 nitrogen and oxygen atoms in total. The minimum atomic E-state index is 0.178. The SMILES string of the molecule is CCC[C@@]12CCCC[C@@H]1OC(C)=N2.